The molecule has 0 aromatic heterocycles. The third-order valence-electron chi connectivity index (χ3n) is 3.97. The summed E-state index contributed by atoms with van der Waals surface area (Å²) in [4.78, 5) is 2.25. The molecule has 2 rings (SSSR count). The van der Waals surface area contributed by atoms with Crippen molar-refractivity contribution in [1.29, 1.82) is 0 Å². The van der Waals surface area contributed by atoms with E-state index in [4.69, 9.17) is 9.47 Å². The molecule has 1 atom stereocenters. The van der Waals surface area contributed by atoms with Crippen LogP contribution in [0.15, 0.2) is 24.3 Å². The first kappa shape index (κ1) is 16.3. The average Bonchev–Trinajstić information content (AvgIpc) is 3.31. The van der Waals surface area contributed by atoms with Crippen LogP contribution in [0.25, 0.3) is 0 Å². The van der Waals surface area contributed by atoms with Crippen molar-refractivity contribution in [1.82, 2.24) is 10.2 Å². The molecule has 1 saturated carbocycles. The zero-order valence-electron chi connectivity index (χ0n) is 13.5. The summed E-state index contributed by atoms with van der Waals surface area (Å²) in [6.45, 7) is 5.46. The molecule has 0 amide bonds. The first-order chi connectivity index (χ1) is 10.2. The van der Waals surface area contributed by atoms with Gasteiger partial charge in [0.15, 0.2) is 0 Å². The van der Waals surface area contributed by atoms with E-state index in [-0.39, 0.29) is 0 Å². The van der Waals surface area contributed by atoms with Gasteiger partial charge in [-0.15, -0.1) is 0 Å². The normalized spacial score (nSPS) is 16.2. The maximum Gasteiger partial charge on any atom is 0.119 e. The number of hydrogen-bond donors (Lipinski definition) is 1. The molecule has 0 bridgehead atoms. The number of hydrogen-bond acceptors (Lipinski definition) is 4. The number of likely N-dealkylation sites (N-methyl/N-ethyl adjacent to an activating group) is 1. The van der Waals surface area contributed by atoms with Gasteiger partial charge in [0.25, 0.3) is 0 Å². The van der Waals surface area contributed by atoms with Crippen LogP contribution in [0.3, 0.4) is 0 Å². The molecular formula is C17H28N2O2. The van der Waals surface area contributed by atoms with Crippen LogP contribution in [0.4, 0.5) is 0 Å². The van der Waals surface area contributed by atoms with Gasteiger partial charge in [-0.3, -0.25) is 4.90 Å². The molecular weight excluding hydrogens is 264 g/mol. The zero-order valence-corrected chi connectivity index (χ0v) is 13.5. The predicted octanol–water partition coefficient (Wildman–Crippen LogP) is 2.28. The number of methoxy groups -OCH3 is 1. The molecule has 0 heterocycles. The Morgan fingerprint density at radius 3 is 2.62 bits per heavy atom. The van der Waals surface area contributed by atoms with Gasteiger partial charge in [0.1, 0.15) is 12.4 Å². The molecule has 4 nitrogen and oxygen atoms in total. The highest BCUT2D eigenvalue weighted by molar-refractivity contribution is 5.27. The summed E-state index contributed by atoms with van der Waals surface area (Å²) >= 11 is 0. The van der Waals surface area contributed by atoms with Crippen LogP contribution < -0.4 is 10.1 Å². The molecule has 1 N–H and O–H groups in total. The van der Waals surface area contributed by atoms with Gasteiger partial charge in [0.05, 0.1) is 6.61 Å². The number of nitrogens with one attached hydrogen (secondary N) is 1. The third-order valence-corrected chi connectivity index (χ3v) is 3.97. The van der Waals surface area contributed by atoms with Gasteiger partial charge in [-0.25, -0.2) is 0 Å². The second-order valence-corrected chi connectivity index (χ2v) is 5.93. The number of ether oxygens (including phenoxy) is 2. The number of nitrogens with zero attached hydrogens (tertiary/aromatic N) is 1. The molecule has 1 fully saturated rings. The van der Waals surface area contributed by atoms with Gasteiger partial charge in [-0.1, -0.05) is 12.1 Å². The second-order valence-electron chi connectivity index (χ2n) is 5.93. The molecule has 1 aromatic carbocycles. The minimum Gasteiger partial charge on any atom is -0.492 e. The molecule has 1 aliphatic rings. The first-order valence-electron chi connectivity index (χ1n) is 7.83. The smallest absolute Gasteiger partial charge is 0.119 e. The molecule has 0 aliphatic heterocycles. The summed E-state index contributed by atoms with van der Waals surface area (Å²) in [5.41, 5.74) is 1.32. The Morgan fingerprint density at radius 2 is 2.00 bits per heavy atom. The minimum atomic E-state index is 0.412. The summed E-state index contributed by atoms with van der Waals surface area (Å²) in [7, 11) is 3.83. The van der Waals surface area contributed by atoms with Gasteiger partial charge in [0.2, 0.25) is 0 Å². The van der Waals surface area contributed by atoms with E-state index in [9.17, 15) is 0 Å². The standard InChI is InChI=1S/C17H28N2O2/c1-14(13-20-3)19(2)10-11-21-17-8-4-15(5-9-17)12-18-16-6-7-16/h4-5,8-9,14,16,18H,6-7,10-13H2,1-3H3. The third kappa shape index (κ3) is 6.04. The van der Waals surface area contributed by atoms with Crippen molar-refractivity contribution in [3.8, 4) is 5.75 Å². The van der Waals surface area contributed by atoms with Crippen molar-refractivity contribution in [2.24, 2.45) is 0 Å². The van der Waals surface area contributed by atoms with E-state index < -0.39 is 0 Å². The molecule has 0 saturated heterocycles. The topological polar surface area (TPSA) is 33.7 Å². The molecule has 1 aromatic rings. The van der Waals surface area contributed by atoms with Crippen LogP contribution >= 0.6 is 0 Å². The van der Waals surface area contributed by atoms with Crippen molar-refractivity contribution in [3.05, 3.63) is 29.8 Å². The highest BCUT2D eigenvalue weighted by Crippen LogP contribution is 2.19. The first-order valence-corrected chi connectivity index (χ1v) is 7.83. The van der Waals surface area contributed by atoms with Crippen LogP contribution in [-0.2, 0) is 11.3 Å². The van der Waals surface area contributed by atoms with Gasteiger partial charge >= 0.3 is 0 Å². The van der Waals surface area contributed by atoms with Gasteiger partial charge in [-0.05, 0) is 44.5 Å². The van der Waals surface area contributed by atoms with E-state index in [1.807, 2.05) is 0 Å². The Balaban J connectivity index is 1.65. The summed E-state index contributed by atoms with van der Waals surface area (Å²) in [5, 5.41) is 3.52. The van der Waals surface area contributed by atoms with Crippen molar-refractivity contribution in [2.75, 3.05) is 33.9 Å². The largest absolute Gasteiger partial charge is 0.492 e. The lowest BCUT2D eigenvalue weighted by atomic mass is 10.2. The van der Waals surface area contributed by atoms with Crippen molar-refractivity contribution in [2.45, 2.75) is 38.4 Å². The van der Waals surface area contributed by atoms with E-state index in [2.05, 4.69) is 48.5 Å². The summed E-state index contributed by atoms with van der Waals surface area (Å²) in [6.07, 6.45) is 2.66. The van der Waals surface area contributed by atoms with Crippen LogP contribution in [0.5, 0.6) is 5.75 Å². The van der Waals surface area contributed by atoms with Crippen molar-refractivity contribution in [3.63, 3.8) is 0 Å². The predicted molar refractivity (Wildman–Crippen MR) is 85.8 cm³/mol. The highest BCUT2D eigenvalue weighted by Gasteiger charge is 2.19. The van der Waals surface area contributed by atoms with E-state index in [1.165, 1.54) is 18.4 Å². The SMILES string of the molecule is COCC(C)N(C)CCOc1ccc(CNC2CC2)cc1. The maximum atomic E-state index is 5.79. The fourth-order valence-corrected chi connectivity index (χ4v) is 2.15. The van der Waals surface area contributed by atoms with Crippen molar-refractivity contribution >= 4 is 0 Å². The highest BCUT2D eigenvalue weighted by atomic mass is 16.5. The lowest BCUT2D eigenvalue weighted by Crippen LogP contribution is -2.35. The molecule has 4 heteroatoms. The summed E-state index contributed by atoms with van der Waals surface area (Å²) in [6, 6.07) is 9.56. The quantitative estimate of drug-likeness (QED) is 0.717. The van der Waals surface area contributed by atoms with Gasteiger partial charge in [-0.2, -0.15) is 0 Å². The number of benzene rings is 1. The summed E-state index contributed by atoms with van der Waals surface area (Å²) in [5.74, 6) is 0.943. The molecule has 1 aliphatic carbocycles. The summed E-state index contributed by atoms with van der Waals surface area (Å²) < 4.78 is 11.0. The van der Waals surface area contributed by atoms with Crippen LogP contribution in [0.2, 0.25) is 0 Å². The Morgan fingerprint density at radius 1 is 1.29 bits per heavy atom. The second kappa shape index (κ2) is 8.37. The average molecular weight is 292 g/mol. The minimum absolute atomic E-state index is 0.412. The van der Waals surface area contributed by atoms with E-state index in [1.54, 1.807) is 7.11 Å². The van der Waals surface area contributed by atoms with E-state index in [0.29, 0.717) is 12.6 Å². The lowest BCUT2D eigenvalue weighted by Gasteiger charge is -2.23. The maximum absolute atomic E-state index is 5.79. The van der Waals surface area contributed by atoms with E-state index in [0.717, 1.165) is 31.5 Å². The molecule has 0 spiro atoms. The fraction of sp³-hybridized carbons (Fsp3) is 0.647. The molecule has 1 unspecified atom stereocenters. The fourth-order valence-electron chi connectivity index (χ4n) is 2.15. The van der Waals surface area contributed by atoms with Crippen LogP contribution in [0, 0.1) is 0 Å². The Kier molecular flexibility index (Phi) is 6.49. The van der Waals surface area contributed by atoms with E-state index >= 15 is 0 Å². The molecule has 118 valence electrons. The molecule has 21 heavy (non-hydrogen) atoms. The Labute approximate surface area is 128 Å². The van der Waals surface area contributed by atoms with Crippen molar-refractivity contribution < 1.29 is 9.47 Å². The lowest BCUT2D eigenvalue weighted by molar-refractivity contribution is 0.105. The molecule has 0 radical (unpaired) electrons. The zero-order chi connectivity index (χ0) is 15.1. The number of rotatable bonds is 10. The Hall–Kier alpha value is -1.10. The monoisotopic (exact) mass is 292 g/mol. The van der Waals surface area contributed by atoms with Crippen LogP contribution in [0.1, 0.15) is 25.3 Å². The van der Waals surface area contributed by atoms with Gasteiger partial charge in [0, 0.05) is 32.3 Å². The Bertz CT molecular complexity index is 404. The van der Waals surface area contributed by atoms with Gasteiger partial charge < -0.3 is 14.8 Å². The van der Waals surface area contributed by atoms with Crippen LogP contribution in [-0.4, -0.2) is 50.9 Å².